The van der Waals surface area contributed by atoms with E-state index in [9.17, 15) is 0 Å². The molecule has 1 saturated heterocycles. The molecule has 0 aliphatic carbocycles. The van der Waals surface area contributed by atoms with E-state index >= 15 is 0 Å². The van der Waals surface area contributed by atoms with Crippen molar-refractivity contribution in [2.24, 2.45) is 0 Å². The van der Waals surface area contributed by atoms with Crippen molar-refractivity contribution in [3.05, 3.63) is 41.0 Å². The maximum atomic E-state index is 3.38. The van der Waals surface area contributed by atoms with Crippen molar-refractivity contribution in [2.45, 2.75) is 20.3 Å². The molecule has 0 spiro atoms. The molecule has 2 nitrogen and oxygen atoms in total. The van der Waals surface area contributed by atoms with Crippen molar-refractivity contribution >= 4 is 6.08 Å². The Balaban J connectivity index is 1.79. The van der Waals surface area contributed by atoms with E-state index in [0.29, 0.717) is 0 Å². The van der Waals surface area contributed by atoms with Crippen LogP contribution in [0.4, 0.5) is 0 Å². The van der Waals surface area contributed by atoms with Gasteiger partial charge in [0.25, 0.3) is 0 Å². The molecule has 1 aliphatic heterocycles. The van der Waals surface area contributed by atoms with Gasteiger partial charge in [0.2, 0.25) is 0 Å². The van der Waals surface area contributed by atoms with Crippen LogP contribution in [0.2, 0.25) is 0 Å². The summed E-state index contributed by atoms with van der Waals surface area (Å²) in [5.74, 6) is 0. The fourth-order valence-electron chi connectivity index (χ4n) is 2.52. The molecule has 0 unspecified atom stereocenters. The van der Waals surface area contributed by atoms with Crippen molar-refractivity contribution in [2.75, 3.05) is 32.7 Å². The van der Waals surface area contributed by atoms with Gasteiger partial charge in [-0.15, -0.1) is 0 Å². The lowest BCUT2D eigenvalue weighted by Gasteiger charge is -2.26. The summed E-state index contributed by atoms with van der Waals surface area (Å²) in [5.41, 5.74) is 4.02. The number of benzene rings is 1. The molecule has 0 amide bonds. The average molecular weight is 244 g/mol. The van der Waals surface area contributed by atoms with Gasteiger partial charge in [-0.05, 0) is 25.8 Å². The summed E-state index contributed by atoms with van der Waals surface area (Å²) in [4.78, 5) is 2.53. The third kappa shape index (κ3) is 4.28. The van der Waals surface area contributed by atoms with Crippen LogP contribution >= 0.6 is 0 Å². The number of hydrogen-bond acceptors (Lipinski definition) is 2. The Kier molecular flexibility index (Phi) is 4.97. The second kappa shape index (κ2) is 6.72. The van der Waals surface area contributed by atoms with Crippen LogP contribution in [0.3, 0.4) is 0 Å². The van der Waals surface area contributed by atoms with Crippen LogP contribution in [0.25, 0.3) is 6.08 Å². The summed E-state index contributed by atoms with van der Waals surface area (Å²) in [6, 6.07) is 6.71. The highest BCUT2D eigenvalue weighted by atomic mass is 15.2. The molecule has 2 heteroatoms. The number of rotatable bonds is 4. The summed E-state index contributed by atoms with van der Waals surface area (Å²) in [6.07, 6.45) is 5.70. The van der Waals surface area contributed by atoms with Crippen molar-refractivity contribution in [3.8, 4) is 0 Å². The van der Waals surface area contributed by atoms with Crippen LogP contribution in [0.15, 0.2) is 24.3 Å². The predicted octanol–water partition coefficient (Wildman–Crippen LogP) is 2.61. The summed E-state index contributed by atoms with van der Waals surface area (Å²) < 4.78 is 0. The lowest BCUT2D eigenvalue weighted by molar-refractivity contribution is 0.245. The topological polar surface area (TPSA) is 15.3 Å². The summed E-state index contributed by atoms with van der Waals surface area (Å²) in [7, 11) is 0. The van der Waals surface area contributed by atoms with Gasteiger partial charge in [-0.25, -0.2) is 0 Å². The van der Waals surface area contributed by atoms with E-state index in [2.05, 4.69) is 54.4 Å². The van der Waals surface area contributed by atoms with E-state index in [1.165, 1.54) is 36.3 Å². The van der Waals surface area contributed by atoms with E-state index in [0.717, 1.165) is 19.5 Å². The molecular formula is C16H24N2. The Morgan fingerprint density at radius 3 is 2.44 bits per heavy atom. The first-order chi connectivity index (χ1) is 8.74. The van der Waals surface area contributed by atoms with Crippen LogP contribution in [-0.2, 0) is 0 Å². The normalized spacial score (nSPS) is 17.4. The van der Waals surface area contributed by atoms with Crippen molar-refractivity contribution in [1.29, 1.82) is 0 Å². The molecule has 1 aromatic rings. The maximum Gasteiger partial charge on any atom is 0.0107 e. The van der Waals surface area contributed by atoms with E-state index in [1.54, 1.807) is 0 Å². The molecule has 1 fully saturated rings. The number of hydrogen-bond donors (Lipinski definition) is 1. The summed E-state index contributed by atoms with van der Waals surface area (Å²) >= 11 is 0. The minimum absolute atomic E-state index is 1.14. The smallest absolute Gasteiger partial charge is 0.0107 e. The number of piperazine rings is 1. The molecule has 0 saturated carbocycles. The Bertz CT molecular complexity index is 383. The second-order valence-electron chi connectivity index (χ2n) is 5.20. The lowest BCUT2D eigenvalue weighted by Crippen LogP contribution is -2.43. The molecule has 98 valence electrons. The van der Waals surface area contributed by atoms with Crippen LogP contribution in [0.5, 0.6) is 0 Å². The molecule has 18 heavy (non-hydrogen) atoms. The van der Waals surface area contributed by atoms with Crippen LogP contribution in [-0.4, -0.2) is 37.6 Å². The zero-order valence-electron chi connectivity index (χ0n) is 11.6. The monoisotopic (exact) mass is 244 g/mol. The number of nitrogens with one attached hydrogen (secondary N) is 1. The highest BCUT2D eigenvalue weighted by molar-refractivity contribution is 5.51. The molecule has 0 aromatic heterocycles. The van der Waals surface area contributed by atoms with Crippen LogP contribution in [0.1, 0.15) is 23.1 Å². The number of nitrogens with zero attached hydrogens (tertiary/aromatic N) is 1. The quantitative estimate of drug-likeness (QED) is 0.876. The summed E-state index contributed by atoms with van der Waals surface area (Å²) in [6.45, 7) is 10.2. The van der Waals surface area contributed by atoms with E-state index in [-0.39, 0.29) is 0 Å². The highest BCUT2D eigenvalue weighted by Gasteiger charge is 2.07. The SMILES string of the molecule is Cc1cc(C)cc(/C=C/CCN2CCNCC2)c1. The Hall–Kier alpha value is -1.12. The standard InChI is InChI=1S/C16H24N2/c1-14-11-15(2)13-16(12-14)5-3-4-8-18-9-6-17-7-10-18/h3,5,11-13,17H,4,6-10H2,1-2H3/b5-3+. The predicted molar refractivity (Wildman–Crippen MR) is 78.9 cm³/mol. The van der Waals surface area contributed by atoms with Gasteiger partial charge in [-0.3, -0.25) is 0 Å². The van der Waals surface area contributed by atoms with Crippen molar-refractivity contribution in [1.82, 2.24) is 10.2 Å². The van der Waals surface area contributed by atoms with Gasteiger partial charge in [0.1, 0.15) is 0 Å². The maximum absolute atomic E-state index is 3.38. The van der Waals surface area contributed by atoms with Gasteiger partial charge in [-0.2, -0.15) is 0 Å². The van der Waals surface area contributed by atoms with E-state index in [4.69, 9.17) is 0 Å². The number of aryl methyl sites for hydroxylation is 2. The van der Waals surface area contributed by atoms with Gasteiger partial charge < -0.3 is 10.2 Å². The second-order valence-corrected chi connectivity index (χ2v) is 5.20. The van der Waals surface area contributed by atoms with Gasteiger partial charge in [0.05, 0.1) is 0 Å². The first-order valence-electron chi connectivity index (χ1n) is 6.92. The molecule has 1 heterocycles. The van der Waals surface area contributed by atoms with Gasteiger partial charge in [-0.1, -0.05) is 41.5 Å². The zero-order chi connectivity index (χ0) is 12.8. The van der Waals surface area contributed by atoms with E-state index in [1.807, 2.05) is 0 Å². The minimum Gasteiger partial charge on any atom is -0.314 e. The molecule has 0 bridgehead atoms. The van der Waals surface area contributed by atoms with Crippen molar-refractivity contribution < 1.29 is 0 Å². The van der Waals surface area contributed by atoms with Crippen LogP contribution < -0.4 is 5.32 Å². The molecule has 2 rings (SSSR count). The average Bonchev–Trinajstić information content (AvgIpc) is 2.35. The Labute approximate surface area is 111 Å². The van der Waals surface area contributed by atoms with Crippen molar-refractivity contribution in [3.63, 3.8) is 0 Å². The molecule has 1 N–H and O–H groups in total. The molecule has 0 radical (unpaired) electrons. The minimum atomic E-state index is 1.14. The fraction of sp³-hybridized carbons (Fsp3) is 0.500. The zero-order valence-corrected chi connectivity index (χ0v) is 11.6. The first kappa shape index (κ1) is 13.3. The van der Waals surface area contributed by atoms with Crippen LogP contribution in [0, 0.1) is 13.8 Å². The van der Waals surface area contributed by atoms with E-state index < -0.39 is 0 Å². The first-order valence-corrected chi connectivity index (χ1v) is 6.92. The third-order valence-corrected chi connectivity index (χ3v) is 3.38. The molecule has 1 aliphatic rings. The molecular weight excluding hydrogens is 220 g/mol. The summed E-state index contributed by atoms with van der Waals surface area (Å²) in [5, 5.41) is 3.38. The van der Waals surface area contributed by atoms with Gasteiger partial charge in [0, 0.05) is 32.7 Å². The largest absolute Gasteiger partial charge is 0.314 e. The Morgan fingerprint density at radius 2 is 1.78 bits per heavy atom. The molecule has 1 aromatic carbocycles. The van der Waals surface area contributed by atoms with Gasteiger partial charge in [0.15, 0.2) is 0 Å². The lowest BCUT2D eigenvalue weighted by atomic mass is 10.1. The Morgan fingerprint density at radius 1 is 1.11 bits per heavy atom. The third-order valence-electron chi connectivity index (χ3n) is 3.38. The molecule has 0 atom stereocenters. The van der Waals surface area contributed by atoms with Gasteiger partial charge >= 0.3 is 0 Å². The highest BCUT2D eigenvalue weighted by Crippen LogP contribution is 2.10. The fourth-order valence-corrected chi connectivity index (χ4v) is 2.52.